The van der Waals surface area contributed by atoms with Crippen molar-refractivity contribution in [2.75, 3.05) is 6.54 Å². The Hall–Kier alpha value is -1.35. The third kappa shape index (κ3) is 4.35. The molecule has 0 saturated carbocycles. The highest BCUT2D eigenvalue weighted by molar-refractivity contribution is 5.81. The van der Waals surface area contributed by atoms with Gasteiger partial charge in [-0.2, -0.15) is 0 Å². The van der Waals surface area contributed by atoms with Crippen molar-refractivity contribution < 1.29 is 4.79 Å². The molecule has 3 N–H and O–H groups in total. The summed E-state index contributed by atoms with van der Waals surface area (Å²) in [4.78, 5) is 12.0. The summed E-state index contributed by atoms with van der Waals surface area (Å²) in [7, 11) is 0. The van der Waals surface area contributed by atoms with Gasteiger partial charge in [0, 0.05) is 12.0 Å². The summed E-state index contributed by atoms with van der Waals surface area (Å²) in [6.45, 7) is 8.90. The molecular formula is C16H26N2O. The van der Waals surface area contributed by atoms with Crippen LogP contribution in [-0.2, 0) is 10.2 Å². The van der Waals surface area contributed by atoms with Gasteiger partial charge in [0.05, 0.1) is 6.04 Å². The van der Waals surface area contributed by atoms with E-state index >= 15 is 0 Å². The molecule has 0 bridgehead atoms. The third-order valence-corrected chi connectivity index (χ3v) is 3.82. The van der Waals surface area contributed by atoms with Crippen molar-refractivity contribution in [2.45, 2.75) is 45.6 Å². The first-order chi connectivity index (χ1) is 8.88. The molecule has 106 valence electrons. The summed E-state index contributed by atoms with van der Waals surface area (Å²) in [5.74, 6) is 0.151. The predicted molar refractivity (Wildman–Crippen MR) is 79.9 cm³/mol. The summed E-state index contributed by atoms with van der Waals surface area (Å²) in [6.07, 6.45) is 0.913. The number of hydrogen-bond acceptors (Lipinski definition) is 2. The summed E-state index contributed by atoms with van der Waals surface area (Å²) in [5, 5.41) is 2.97. The summed E-state index contributed by atoms with van der Waals surface area (Å²) in [6, 6.07) is 9.78. The molecule has 0 aromatic heterocycles. The molecule has 3 heteroatoms. The quantitative estimate of drug-likeness (QED) is 0.827. The lowest BCUT2D eigenvalue weighted by Crippen LogP contribution is -2.47. The number of carbonyl (C=O) groups is 1. The fourth-order valence-corrected chi connectivity index (χ4v) is 1.93. The van der Waals surface area contributed by atoms with Crippen LogP contribution in [0.15, 0.2) is 30.3 Å². The first-order valence-corrected chi connectivity index (χ1v) is 6.97. The van der Waals surface area contributed by atoms with Gasteiger partial charge in [-0.15, -0.1) is 0 Å². The van der Waals surface area contributed by atoms with Crippen LogP contribution in [0.25, 0.3) is 0 Å². The summed E-state index contributed by atoms with van der Waals surface area (Å²) >= 11 is 0. The maximum Gasteiger partial charge on any atom is 0.237 e. The molecule has 0 fully saturated rings. The normalized spacial score (nSPS) is 14.8. The Morgan fingerprint density at radius 1 is 1.32 bits per heavy atom. The molecule has 1 rings (SSSR count). The second-order valence-corrected chi connectivity index (χ2v) is 5.88. The topological polar surface area (TPSA) is 55.1 Å². The molecule has 0 aliphatic rings. The van der Waals surface area contributed by atoms with Crippen LogP contribution in [-0.4, -0.2) is 18.5 Å². The Morgan fingerprint density at radius 3 is 2.42 bits per heavy atom. The number of nitrogens with one attached hydrogen (secondary N) is 1. The minimum atomic E-state index is -0.420. The molecule has 0 unspecified atom stereocenters. The van der Waals surface area contributed by atoms with E-state index in [0.717, 1.165) is 6.42 Å². The molecule has 0 spiro atoms. The van der Waals surface area contributed by atoms with Gasteiger partial charge < -0.3 is 11.1 Å². The maximum absolute atomic E-state index is 12.0. The van der Waals surface area contributed by atoms with Crippen molar-refractivity contribution in [1.82, 2.24) is 5.32 Å². The van der Waals surface area contributed by atoms with Crippen molar-refractivity contribution in [3.8, 4) is 0 Å². The first kappa shape index (κ1) is 15.7. The van der Waals surface area contributed by atoms with Gasteiger partial charge in [0.1, 0.15) is 0 Å². The van der Waals surface area contributed by atoms with E-state index in [1.54, 1.807) is 0 Å². The van der Waals surface area contributed by atoms with Gasteiger partial charge in [0.15, 0.2) is 0 Å². The molecule has 0 aliphatic heterocycles. The SMILES string of the molecule is CC[C@H](C)[C@H](N)C(=O)NCC(C)(C)c1ccccc1. The van der Waals surface area contributed by atoms with E-state index in [2.05, 4.69) is 31.3 Å². The van der Waals surface area contributed by atoms with E-state index in [1.165, 1.54) is 5.56 Å². The van der Waals surface area contributed by atoms with E-state index in [0.29, 0.717) is 6.54 Å². The molecule has 2 atom stereocenters. The number of carbonyl (C=O) groups excluding carboxylic acids is 1. The lowest BCUT2D eigenvalue weighted by Gasteiger charge is -2.27. The molecule has 0 saturated heterocycles. The molecule has 3 nitrogen and oxygen atoms in total. The maximum atomic E-state index is 12.0. The number of nitrogens with two attached hydrogens (primary N) is 1. The van der Waals surface area contributed by atoms with Crippen molar-refractivity contribution in [2.24, 2.45) is 11.7 Å². The monoisotopic (exact) mass is 262 g/mol. The molecule has 1 aromatic rings. The van der Waals surface area contributed by atoms with Crippen LogP contribution in [0.5, 0.6) is 0 Å². The number of hydrogen-bond donors (Lipinski definition) is 2. The molecule has 0 heterocycles. The minimum Gasteiger partial charge on any atom is -0.354 e. The average molecular weight is 262 g/mol. The van der Waals surface area contributed by atoms with E-state index in [9.17, 15) is 4.79 Å². The second kappa shape index (κ2) is 6.71. The number of benzene rings is 1. The number of amides is 1. The van der Waals surface area contributed by atoms with Gasteiger partial charge in [-0.3, -0.25) is 4.79 Å². The average Bonchev–Trinajstić information content (AvgIpc) is 2.44. The minimum absolute atomic E-state index is 0.0571. The van der Waals surface area contributed by atoms with Crippen molar-refractivity contribution >= 4 is 5.91 Å². The van der Waals surface area contributed by atoms with Gasteiger partial charge in [-0.25, -0.2) is 0 Å². The van der Waals surface area contributed by atoms with E-state index in [1.807, 2.05) is 32.0 Å². The highest BCUT2D eigenvalue weighted by Crippen LogP contribution is 2.21. The van der Waals surface area contributed by atoms with Gasteiger partial charge in [-0.05, 0) is 11.5 Å². The highest BCUT2D eigenvalue weighted by atomic mass is 16.2. The Bertz CT molecular complexity index is 400. The molecule has 19 heavy (non-hydrogen) atoms. The van der Waals surface area contributed by atoms with Crippen molar-refractivity contribution in [3.05, 3.63) is 35.9 Å². The van der Waals surface area contributed by atoms with E-state index in [4.69, 9.17) is 5.73 Å². The molecule has 1 aromatic carbocycles. The zero-order valence-corrected chi connectivity index (χ0v) is 12.4. The van der Waals surface area contributed by atoms with Gasteiger partial charge >= 0.3 is 0 Å². The Kier molecular flexibility index (Phi) is 5.55. The fraction of sp³-hybridized carbons (Fsp3) is 0.562. The Balaban J connectivity index is 2.59. The third-order valence-electron chi connectivity index (χ3n) is 3.82. The second-order valence-electron chi connectivity index (χ2n) is 5.88. The zero-order valence-electron chi connectivity index (χ0n) is 12.4. The van der Waals surface area contributed by atoms with Crippen molar-refractivity contribution in [3.63, 3.8) is 0 Å². The van der Waals surface area contributed by atoms with Crippen LogP contribution >= 0.6 is 0 Å². The van der Waals surface area contributed by atoms with Gasteiger partial charge in [0.2, 0.25) is 5.91 Å². The van der Waals surface area contributed by atoms with Crippen LogP contribution in [0.3, 0.4) is 0 Å². The standard InChI is InChI=1S/C16H26N2O/c1-5-12(2)14(17)15(19)18-11-16(3,4)13-9-7-6-8-10-13/h6-10,12,14H,5,11,17H2,1-4H3,(H,18,19)/t12-,14-/m0/s1. The lowest BCUT2D eigenvalue weighted by molar-refractivity contribution is -0.123. The summed E-state index contributed by atoms with van der Waals surface area (Å²) < 4.78 is 0. The highest BCUT2D eigenvalue weighted by Gasteiger charge is 2.24. The molecule has 1 amide bonds. The Morgan fingerprint density at radius 2 is 1.89 bits per heavy atom. The largest absolute Gasteiger partial charge is 0.354 e. The van der Waals surface area contributed by atoms with Crippen LogP contribution in [0, 0.1) is 5.92 Å². The van der Waals surface area contributed by atoms with Crippen LogP contribution in [0.1, 0.15) is 39.7 Å². The first-order valence-electron chi connectivity index (χ1n) is 6.97. The molecule has 0 aliphatic carbocycles. The van der Waals surface area contributed by atoms with Crippen molar-refractivity contribution in [1.29, 1.82) is 0 Å². The summed E-state index contributed by atoms with van der Waals surface area (Å²) in [5.41, 5.74) is 7.05. The number of rotatable bonds is 6. The smallest absolute Gasteiger partial charge is 0.237 e. The van der Waals surface area contributed by atoms with Gasteiger partial charge in [-0.1, -0.05) is 64.4 Å². The van der Waals surface area contributed by atoms with Crippen LogP contribution < -0.4 is 11.1 Å². The predicted octanol–water partition coefficient (Wildman–Crippen LogP) is 2.45. The molecule has 0 radical (unpaired) electrons. The van der Waals surface area contributed by atoms with Gasteiger partial charge in [0.25, 0.3) is 0 Å². The van der Waals surface area contributed by atoms with E-state index in [-0.39, 0.29) is 17.2 Å². The molecular weight excluding hydrogens is 236 g/mol. The Labute approximate surface area is 116 Å². The van der Waals surface area contributed by atoms with Crippen LogP contribution in [0.4, 0.5) is 0 Å². The fourth-order valence-electron chi connectivity index (χ4n) is 1.93. The lowest BCUT2D eigenvalue weighted by atomic mass is 9.84. The zero-order chi connectivity index (χ0) is 14.5. The van der Waals surface area contributed by atoms with Crippen LogP contribution in [0.2, 0.25) is 0 Å². The van der Waals surface area contributed by atoms with E-state index < -0.39 is 6.04 Å².